The van der Waals surface area contributed by atoms with Crippen LogP contribution >= 0.6 is 15.9 Å². The second kappa shape index (κ2) is 9.44. The van der Waals surface area contributed by atoms with E-state index < -0.39 is 0 Å². The molecule has 102 valence electrons. The fraction of sp³-hybridized carbons (Fsp3) is 0.538. The highest BCUT2D eigenvalue weighted by atomic mass is 79.9. The van der Waals surface area contributed by atoms with Crippen LogP contribution in [0, 0.1) is 5.82 Å². The molecule has 1 rings (SSSR count). The van der Waals surface area contributed by atoms with Crippen molar-refractivity contribution in [2.75, 3.05) is 33.5 Å². The molecule has 0 fully saturated rings. The van der Waals surface area contributed by atoms with Gasteiger partial charge in [0.25, 0.3) is 0 Å². The van der Waals surface area contributed by atoms with Crippen molar-refractivity contribution in [2.24, 2.45) is 0 Å². The van der Waals surface area contributed by atoms with Crippen molar-refractivity contribution in [2.45, 2.75) is 13.0 Å². The summed E-state index contributed by atoms with van der Waals surface area (Å²) in [4.78, 5) is 0. The fourth-order valence-corrected chi connectivity index (χ4v) is 1.79. The van der Waals surface area contributed by atoms with E-state index in [1.807, 2.05) is 0 Å². The van der Waals surface area contributed by atoms with Gasteiger partial charge >= 0.3 is 0 Å². The number of methoxy groups -OCH3 is 1. The zero-order valence-corrected chi connectivity index (χ0v) is 12.0. The topological polar surface area (TPSA) is 27.7 Å². The Morgan fingerprint density at radius 1 is 1.11 bits per heavy atom. The van der Waals surface area contributed by atoms with Gasteiger partial charge in [0.1, 0.15) is 5.82 Å². The molecule has 0 aromatic heterocycles. The maximum absolute atomic E-state index is 12.8. The van der Waals surface area contributed by atoms with Crippen molar-refractivity contribution in [3.63, 3.8) is 0 Å². The first-order valence-corrected chi connectivity index (χ1v) is 6.61. The molecular weight excluding hydrogens is 303 g/mol. The van der Waals surface area contributed by atoms with Gasteiger partial charge < -0.3 is 14.2 Å². The Morgan fingerprint density at radius 2 is 1.89 bits per heavy atom. The van der Waals surface area contributed by atoms with Crippen LogP contribution in [-0.4, -0.2) is 33.5 Å². The van der Waals surface area contributed by atoms with E-state index in [2.05, 4.69) is 15.9 Å². The molecule has 0 amide bonds. The molecule has 0 atom stereocenters. The van der Waals surface area contributed by atoms with Gasteiger partial charge in [0, 0.05) is 24.8 Å². The van der Waals surface area contributed by atoms with Crippen molar-refractivity contribution in [3.8, 4) is 0 Å². The van der Waals surface area contributed by atoms with Crippen LogP contribution in [0.15, 0.2) is 22.7 Å². The Hall–Kier alpha value is -0.490. The Labute approximate surface area is 115 Å². The molecule has 1 aromatic carbocycles. The smallest absolute Gasteiger partial charge is 0.124 e. The van der Waals surface area contributed by atoms with E-state index in [0.29, 0.717) is 33.0 Å². The van der Waals surface area contributed by atoms with E-state index in [4.69, 9.17) is 14.2 Å². The standard InChI is InChI=1S/C13H18BrFO3/c1-16-7-8-17-5-2-6-18-10-11-3-4-12(15)9-13(11)14/h3-4,9H,2,5-8,10H2,1H3. The third kappa shape index (κ3) is 6.44. The predicted octanol–water partition coefficient (Wildman–Crippen LogP) is 3.16. The predicted molar refractivity (Wildman–Crippen MR) is 71.1 cm³/mol. The van der Waals surface area contributed by atoms with Gasteiger partial charge in [-0.05, 0) is 24.1 Å². The summed E-state index contributed by atoms with van der Waals surface area (Å²) >= 11 is 3.30. The molecule has 0 aliphatic carbocycles. The molecule has 3 nitrogen and oxygen atoms in total. The van der Waals surface area contributed by atoms with Gasteiger partial charge in [0.15, 0.2) is 0 Å². The molecule has 0 bridgehead atoms. The molecule has 18 heavy (non-hydrogen) atoms. The first kappa shape index (κ1) is 15.6. The largest absolute Gasteiger partial charge is 0.382 e. The molecule has 0 N–H and O–H groups in total. The molecule has 0 saturated carbocycles. The average molecular weight is 321 g/mol. The van der Waals surface area contributed by atoms with Gasteiger partial charge in [0.05, 0.1) is 19.8 Å². The minimum atomic E-state index is -0.253. The molecule has 0 aliphatic heterocycles. The van der Waals surface area contributed by atoms with Crippen LogP contribution in [0.3, 0.4) is 0 Å². The maximum atomic E-state index is 12.8. The molecule has 0 radical (unpaired) electrons. The molecule has 0 heterocycles. The summed E-state index contributed by atoms with van der Waals surface area (Å²) in [6.45, 7) is 2.98. The number of hydrogen-bond donors (Lipinski definition) is 0. The summed E-state index contributed by atoms with van der Waals surface area (Å²) < 4.78 is 29.2. The summed E-state index contributed by atoms with van der Waals surface area (Å²) in [5, 5.41) is 0. The van der Waals surface area contributed by atoms with Gasteiger partial charge in [-0.2, -0.15) is 0 Å². The lowest BCUT2D eigenvalue weighted by Crippen LogP contribution is -2.05. The third-order valence-corrected chi connectivity index (χ3v) is 3.02. The quantitative estimate of drug-likeness (QED) is 0.654. The van der Waals surface area contributed by atoms with Crippen LogP contribution in [0.5, 0.6) is 0 Å². The van der Waals surface area contributed by atoms with Crippen molar-refractivity contribution in [3.05, 3.63) is 34.1 Å². The zero-order valence-electron chi connectivity index (χ0n) is 10.5. The Kier molecular flexibility index (Phi) is 8.17. The Morgan fingerprint density at radius 3 is 2.61 bits per heavy atom. The SMILES string of the molecule is COCCOCCCOCc1ccc(F)cc1Br. The van der Waals surface area contributed by atoms with E-state index in [1.165, 1.54) is 12.1 Å². The van der Waals surface area contributed by atoms with Gasteiger partial charge in [-0.25, -0.2) is 4.39 Å². The van der Waals surface area contributed by atoms with E-state index in [1.54, 1.807) is 13.2 Å². The van der Waals surface area contributed by atoms with E-state index >= 15 is 0 Å². The second-order valence-electron chi connectivity index (χ2n) is 3.75. The van der Waals surface area contributed by atoms with Gasteiger partial charge in [-0.3, -0.25) is 0 Å². The third-order valence-electron chi connectivity index (χ3n) is 2.28. The lowest BCUT2D eigenvalue weighted by atomic mass is 10.2. The van der Waals surface area contributed by atoms with Crippen LogP contribution < -0.4 is 0 Å². The first-order valence-electron chi connectivity index (χ1n) is 5.82. The summed E-state index contributed by atoms with van der Waals surface area (Å²) in [5.41, 5.74) is 0.941. The number of ether oxygens (including phenoxy) is 3. The summed E-state index contributed by atoms with van der Waals surface area (Å²) in [5.74, 6) is -0.253. The number of hydrogen-bond acceptors (Lipinski definition) is 3. The number of benzene rings is 1. The highest BCUT2D eigenvalue weighted by Gasteiger charge is 2.01. The van der Waals surface area contributed by atoms with E-state index in [9.17, 15) is 4.39 Å². The average Bonchev–Trinajstić information content (AvgIpc) is 2.35. The normalized spacial score (nSPS) is 10.8. The summed E-state index contributed by atoms with van der Waals surface area (Å²) in [6, 6.07) is 4.58. The summed E-state index contributed by atoms with van der Waals surface area (Å²) in [7, 11) is 1.65. The molecule has 1 aromatic rings. The number of rotatable bonds is 9. The zero-order chi connectivity index (χ0) is 13.2. The molecule has 0 aliphatic rings. The van der Waals surface area contributed by atoms with Gasteiger partial charge in [0.2, 0.25) is 0 Å². The van der Waals surface area contributed by atoms with Crippen molar-refractivity contribution >= 4 is 15.9 Å². The lowest BCUT2D eigenvalue weighted by Gasteiger charge is -2.07. The van der Waals surface area contributed by atoms with Crippen molar-refractivity contribution in [1.82, 2.24) is 0 Å². The summed E-state index contributed by atoms with van der Waals surface area (Å²) in [6.07, 6.45) is 0.836. The molecule has 0 unspecified atom stereocenters. The van der Waals surface area contributed by atoms with Crippen LogP contribution in [0.4, 0.5) is 4.39 Å². The van der Waals surface area contributed by atoms with Crippen LogP contribution in [-0.2, 0) is 20.8 Å². The highest BCUT2D eigenvalue weighted by molar-refractivity contribution is 9.10. The van der Waals surface area contributed by atoms with Crippen molar-refractivity contribution < 1.29 is 18.6 Å². The van der Waals surface area contributed by atoms with Gasteiger partial charge in [-0.15, -0.1) is 0 Å². The minimum absolute atomic E-state index is 0.253. The minimum Gasteiger partial charge on any atom is -0.382 e. The van der Waals surface area contributed by atoms with Crippen LogP contribution in [0.1, 0.15) is 12.0 Å². The van der Waals surface area contributed by atoms with Gasteiger partial charge in [-0.1, -0.05) is 22.0 Å². The highest BCUT2D eigenvalue weighted by Crippen LogP contribution is 2.18. The van der Waals surface area contributed by atoms with E-state index in [0.717, 1.165) is 16.5 Å². The monoisotopic (exact) mass is 320 g/mol. The molecule has 0 spiro atoms. The Bertz CT molecular complexity index is 347. The molecular formula is C13H18BrFO3. The maximum Gasteiger partial charge on any atom is 0.124 e. The van der Waals surface area contributed by atoms with E-state index in [-0.39, 0.29) is 5.82 Å². The fourth-order valence-electron chi connectivity index (χ4n) is 1.33. The van der Waals surface area contributed by atoms with Crippen LogP contribution in [0.2, 0.25) is 0 Å². The first-order chi connectivity index (χ1) is 8.74. The van der Waals surface area contributed by atoms with Crippen molar-refractivity contribution in [1.29, 1.82) is 0 Å². The molecule has 0 saturated heterocycles. The molecule has 5 heteroatoms. The number of halogens is 2. The second-order valence-corrected chi connectivity index (χ2v) is 4.60. The van der Waals surface area contributed by atoms with Crippen LogP contribution in [0.25, 0.3) is 0 Å². The Balaban J connectivity index is 2.07. The lowest BCUT2D eigenvalue weighted by molar-refractivity contribution is 0.0482.